The van der Waals surface area contributed by atoms with Crippen molar-refractivity contribution in [3.8, 4) is 22.3 Å². The molecule has 10 aromatic rings. The molecule has 0 radical (unpaired) electrons. The molecule has 0 saturated carbocycles. The van der Waals surface area contributed by atoms with Gasteiger partial charge >= 0.3 is 0 Å². The van der Waals surface area contributed by atoms with Crippen LogP contribution in [-0.2, 0) is 0 Å². The first kappa shape index (κ1) is 18.7. The van der Waals surface area contributed by atoms with E-state index in [0.717, 1.165) is 65.4 Å². The third-order valence-electron chi connectivity index (χ3n) is 8.69. The Bertz CT molecular complexity index is 2720. The number of hydrogen-bond acceptors (Lipinski definition) is 2. The van der Waals surface area contributed by atoms with Gasteiger partial charge in [0.1, 0.15) is 22.3 Å². The van der Waals surface area contributed by atoms with E-state index in [-0.39, 0.29) is 24.2 Å². The van der Waals surface area contributed by atoms with E-state index in [1.54, 1.807) is 0 Å². The Morgan fingerprint density at radius 2 is 0.810 bits per heavy atom. The summed E-state index contributed by atoms with van der Waals surface area (Å²) in [5.41, 5.74) is 5.65. The highest BCUT2D eigenvalue weighted by Gasteiger charge is 2.19. The highest BCUT2D eigenvalue weighted by Crippen LogP contribution is 2.46. The van der Waals surface area contributed by atoms with Crippen LogP contribution in [0.2, 0.25) is 0 Å². The second-order valence-electron chi connectivity index (χ2n) is 10.9. The lowest BCUT2D eigenvalue weighted by Gasteiger charge is -2.17. The average Bonchev–Trinajstić information content (AvgIpc) is 3.66. The van der Waals surface area contributed by atoms with Crippen LogP contribution in [0, 0.1) is 0 Å². The predicted molar refractivity (Wildman–Crippen MR) is 176 cm³/mol. The van der Waals surface area contributed by atoms with E-state index in [9.17, 15) is 5.48 Å². The smallest absolute Gasteiger partial charge is 0.143 e. The quantitative estimate of drug-likeness (QED) is 0.205. The molecular weight excluding hydrogens is 512 g/mol. The first-order valence-corrected chi connectivity index (χ1v) is 14.0. The van der Waals surface area contributed by atoms with Crippen molar-refractivity contribution < 1.29 is 14.3 Å². The normalized spacial score (nSPS) is 13.6. The molecule has 0 aliphatic heterocycles. The van der Waals surface area contributed by atoms with Crippen LogP contribution in [0.1, 0.15) is 5.48 Å². The molecule has 2 heterocycles. The molecule has 0 aliphatic carbocycles. The zero-order chi connectivity index (χ0) is 30.8. The van der Waals surface area contributed by atoms with Gasteiger partial charge < -0.3 is 8.83 Å². The van der Waals surface area contributed by atoms with Gasteiger partial charge in [0, 0.05) is 32.7 Å². The van der Waals surface area contributed by atoms with Crippen molar-refractivity contribution in [3.05, 3.63) is 133 Å². The molecule has 0 aliphatic rings. The highest BCUT2D eigenvalue weighted by molar-refractivity contribution is 6.29. The molecule has 0 amide bonds. The molecule has 2 aromatic heterocycles. The monoisotopic (exact) mass is 538 g/mol. The molecule has 0 fully saturated rings. The van der Waals surface area contributed by atoms with Gasteiger partial charge in [0.15, 0.2) is 0 Å². The van der Waals surface area contributed by atoms with Crippen molar-refractivity contribution in [1.29, 1.82) is 0 Å². The van der Waals surface area contributed by atoms with Crippen LogP contribution in [0.15, 0.2) is 142 Å². The maximum atomic E-state index is 9.25. The molecule has 0 unspecified atom stereocenters. The second kappa shape index (κ2) is 7.99. The van der Waals surface area contributed by atoms with E-state index in [0.29, 0.717) is 33.1 Å². The lowest BCUT2D eigenvalue weighted by atomic mass is 9.86. The van der Waals surface area contributed by atoms with E-state index < -0.39 is 0 Å². The van der Waals surface area contributed by atoms with Crippen LogP contribution in [0.4, 0.5) is 0 Å². The summed E-state index contributed by atoms with van der Waals surface area (Å²) in [5, 5.41) is 8.45. The van der Waals surface area contributed by atoms with Gasteiger partial charge in [-0.05, 0) is 55.6 Å². The molecule has 2 heteroatoms. The minimum absolute atomic E-state index is 0.118. The van der Waals surface area contributed by atoms with Gasteiger partial charge in [-0.2, -0.15) is 0 Å². The maximum Gasteiger partial charge on any atom is 0.143 e. The standard InChI is InChI=1S/C40H22O2/c1-3-13-35-27(7-1)33-11-5-9-31(39(33)41-35)25-19-17-23-15-16-24-18-20-26(30-22-21-29(25)37(23)38(24)30)32-10-6-12-34-28-8-2-4-14-36(28)42-40(32)34/h1-22H/i17D,18D,19D,20D. The third-order valence-corrected chi connectivity index (χ3v) is 8.69. The first-order valence-electron chi connectivity index (χ1n) is 16.0. The summed E-state index contributed by atoms with van der Waals surface area (Å²) in [4.78, 5) is 0. The molecule has 0 atom stereocenters. The summed E-state index contributed by atoms with van der Waals surface area (Å²) < 4.78 is 49.7. The minimum atomic E-state index is 0.118. The fraction of sp³-hybridized carbons (Fsp3) is 0. The van der Waals surface area contributed by atoms with E-state index in [4.69, 9.17) is 8.83 Å². The third kappa shape index (κ3) is 2.83. The van der Waals surface area contributed by atoms with Crippen molar-refractivity contribution in [2.45, 2.75) is 0 Å². The highest BCUT2D eigenvalue weighted by atomic mass is 16.3. The fourth-order valence-corrected chi connectivity index (χ4v) is 6.83. The molecule has 2 nitrogen and oxygen atoms in total. The lowest BCUT2D eigenvalue weighted by Crippen LogP contribution is -1.90. The average molecular weight is 539 g/mol. The Morgan fingerprint density at radius 1 is 0.357 bits per heavy atom. The minimum Gasteiger partial charge on any atom is -0.455 e. The molecule has 0 N–H and O–H groups in total. The molecule has 10 rings (SSSR count). The van der Waals surface area contributed by atoms with Crippen molar-refractivity contribution >= 4 is 76.2 Å². The van der Waals surface area contributed by atoms with Crippen LogP contribution < -0.4 is 0 Å². The molecule has 0 saturated heterocycles. The van der Waals surface area contributed by atoms with Crippen molar-refractivity contribution in [2.75, 3.05) is 0 Å². The van der Waals surface area contributed by atoms with E-state index in [1.165, 1.54) is 0 Å². The predicted octanol–water partition coefficient (Wildman–Crippen LogP) is 11.7. The number of para-hydroxylation sites is 4. The Hall–Kier alpha value is -5.60. The van der Waals surface area contributed by atoms with Crippen LogP contribution in [0.3, 0.4) is 0 Å². The second-order valence-corrected chi connectivity index (χ2v) is 10.9. The topological polar surface area (TPSA) is 26.3 Å². The molecule has 0 spiro atoms. The molecular formula is C40H22O2. The van der Waals surface area contributed by atoms with Gasteiger partial charge in [-0.1, -0.05) is 121 Å². The van der Waals surface area contributed by atoms with Crippen LogP contribution in [0.5, 0.6) is 0 Å². The van der Waals surface area contributed by atoms with Crippen molar-refractivity contribution in [1.82, 2.24) is 0 Å². The first-order chi connectivity index (χ1) is 22.5. The summed E-state index contributed by atoms with van der Waals surface area (Å²) in [6.07, 6.45) is 0. The van der Waals surface area contributed by atoms with E-state index in [2.05, 4.69) is 0 Å². The van der Waals surface area contributed by atoms with Gasteiger partial charge in [-0.25, -0.2) is 0 Å². The number of benzene rings is 8. The van der Waals surface area contributed by atoms with Crippen LogP contribution >= 0.6 is 0 Å². The molecule has 42 heavy (non-hydrogen) atoms. The van der Waals surface area contributed by atoms with Gasteiger partial charge in [-0.15, -0.1) is 0 Å². The number of hydrogen-bond donors (Lipinski definition) is 0. The van der Waals surface area contributed by atoms with Crippen LogP contribution in [-0.4, -0.2) is 0 Å². The van der Waals surface area contributed by atoms with Crippen molar-refractivity contribution in [2.24, 2.45) is 0 Å². The SMILES string of the molecule is [2H]c1c([2H])c2ccc3c([2H])c([2H])c(-c4cccc5c4oc4ccccc45)c4ccc(c1-c1cccc5c1oc1ccccc15)c2c34. The van der Waals surface area contributed by atoms with Gasteiger partial charge in [0.25, 0.3) is 0 Å². The van der Waals surface area contributed by atoms with Crippen LogP contribution in [0.25, 0.3) is 98.4 Å². The zero-order valence-corrected chi connectivity index (χ0v) is 22.2. The summed E-state index contributed by atoms with van der Waals surface area (Å²) >= 11 is 0. The van der Waals surface area contributed by atoms with E-state index in [1.807, 2.05) is 109 Å². The van der Waals surface area contributed by atoms with Gasteiger partial charge in [0.2, 0.25) is 0 Å². The Labute approximate surface area is 246 Å². The zero-order valence-electron chi connectivity index (χ0n) is 26.2. The summed E-state index contributed by atoms with van der Waals surface area (Å²) in [7, 11) is 0. The van der Waals surface area contributed by atoms with Crippen molar-refractivity contribution in [3.63, 3.8) is 0 Å². The Kier molecular flexibility index (Phi) is 3.56. The molecule has 8 aromatic carbocycles. The maximum absolute atomic E-state index is 9.25. The van der Waals surface area contributed by atoms with Gasteiger partial charge in [-0.3, -0.25) is 0 Å². The van der Waals surface area contributed by atoms with E-state index >= 15 is 0 Å². The van der Waals surface area contributed by atoms with Gasteiger partial charge in [0.05, 0.1) is 5.48 Å². The fourth-order valence-electron chi connectivity index (χ4n) is 6.83. The largest absolute Gasteiger partial charge is 0.455 e. The Balaban J connectivity index is 1.36. The Morgan fingerprint density at radius 3 is 1.31 bits per heavy atom. The summed E-state index contributed by atoms with van der Waals surface area (Å²) in [6, 6.07) is 35.9. The number of rotatable bonds is 2. The molecule has 194 valence electrons. The summed E-state index contributed by atoms with van der Waals surface area (Å²) in [5.74, 6) is 0. The number of furan rings is 2. The molecule has 0 bridgehead atoms. The number of fused-ring (bicyclic) bond motifs is 6. The summed E-state index contributed by atoms with van der Waals surface area (Å²) in [6.45, 7) is 0. The lowest BCUT2D eigenvalue weighted by molar-refractivity contribution is 0.669.